The molecule has 1 fully saturated rings. The molecule has 1 radical (unpaired) electrons. The van der Waals surface area contributed by atoms with E-state index in [1.54, 1.807) is 12.1 Å². The average molecular weight is 405 g/mol. The minimum atomic E-state index is -2.93. The van der Waals surface area contributed by atoms with Crippen LogP contribution in [0, 0.1) is 11.8 Å². The number of ether oxygens (including phenoxy) is 2. The van der Waals surface area contributed by atoms with Gasteiger partial charge in [-0.25, -0.2) is 0 Å². The van der Waals surface area contributed by atoms with Gasteiger partial charge in [0.15, 0.2) is 11.5 Å². The summed E-state index contributed by atoms with van der Waals surface area (Å²) in [6.07, 6.45) is 3.53. The maximum atomic E-state index is 12.6. The van der Waals surface area contributed by atoms with Crippen LogP contribution in [0.2, 0.25) is 0 Å². The van der Waals surface area contributed by atoms with Crippen LogP contribution in [-0.2, 0) is 0 Å². The molecule has 0 saturated heterocycles. The molecule has 1 heterocycles. The van der Waals surface area contributed by atoms with Crippen LogP contribution in [-0.4, -0.2) is 30.0 Å². The minimum Gasteiger partial charge on any atom is -0.489 e. The Morgan fingerprint density at radius 1 is 1.31 bits per heavy atom. The normalized spacial score (nSPS) is 17.8. The van der Waals surface area contributed by atoms with Gasteiger partial charge >= 0.3 is 6.61 Å². The Bertz CT molecular complexity index is 735. The van der Waals surface area contributed by atoms with Crippen molar-refractivity contribution in [3.63, 3.8) is 0 Å². The Kier molecular flexibility index (Phi) is 5.95. The molecule has 0 unspecified atom stereocenters. The van der Waals surface area contributed by atoms with E-state index in [4.69, 9.17) is 27.9 Å². The van der Waals surface area contributed by atoms with E-state index in [1.165, 1.54) is 12.3 Å². The average Bonchev–Trinajstić information content (AvgIpc) is 3.36. The summed E-state index contributed by atoms with van der Waals surface area (Å²) in [4.78, 5) is 0. The maximum absolute atomic E-state index is 12.6. The molecular weight excluding hydrogens is 387 g/mol. The predicted octanol–water partition coefficient (Wildman–Crippen LogP) is 5.30. The lowest BCUT2D eigenvalue weighted by atomic mass is 9.91. The van der Waals surface area contributed by atoms with Gasteiger partial charge in [0.2, 0.25) is 0 Å². The van der Waals surface area contributed by atoms with E-state index in [0.29, 0.717) is 28.7 Å². The first-order chi connectivity index (χ1) is 12.3. The molecule has 0 spiro atoms. The number of allylic oxidation sites excluding steroid dienone is 2. The lowest BCUT2D eigenvalue weighted by Gasteiger charge is -2.25. The standard InChI is InChI=1S/C18H18Cl2F2NO3/c1-10(17-13(19)7-23(24)8-14(17)20)12-4-5-15(26-18(21)22)16(6-12)25-9-11-2-3-11/h4-7,11,18,24H,2-3,8-9H2,1H3. The summed E-state index contributed by atoms with van der Waals surface area (Å²) < 4.78 is 35.5. The molecule has 0 atom stereocenters. The summed E-state index contributed by atoms with van der Waals surface area (Å²) in [6, 6.07) is 4.73. The molecule has 2 aliphatic rings. The summed E-state index contributed by atoms with van der Waals surface area (Å²) in [5, 5.41) is 11.1. The third kappa shape index (κ3) is 4.61. The summed E-state index contributed by atoms with van der Waals surface area (Å²) in [5.41, 5.74) is 1.30. The van der Waals surface area contributed by atoms with E-state index in [2.05, 4.69) is 4.74 Å². The van der Waals surface area contributed by atoms with E-state index in [-0.39, 0.29) is 23.1 Å². The van der Waals surface area contributed by atoms with E-state index in [0.717, 1.165) is 23.8 Å². The van der Waals surface area contributed by atoms with Crippen molar-refractivity contribution < 1.29 is 23.5 Å². The molecule has 1 N–H and O–H groups in total. The summed E-state index contributed by atoms with van der Waals surface area (Å²) in [7, 11) is 0. The Balaban J connectivity index is 1.87. The fraction of sp³-hybridized carbons (Fsp3) is 0.389. The van der Waals surface area contributed by atoms with Crippen molar-refractivity contribution in [1.82, 2.24) is 5.06 Å². The highest BCUT2D eigenvalue weighted by atomic mass is 35.5. The second-order valence-electron chi connectivity index (χ2n) is 6.27. The number of halogens is 4. The zero-order valence-electron chi connectivity index (χ0n) is 14.0. The van der Waals surface area contributed by atoms with E-state index < -0.39 is 6.61 Å². The molecule has 0 aromatic heterocycles. The maximum Gasteiger partial charge on any atom is 0.387 e. The summed E-state index contributed by atoms with van der Waals surface area (Å²) >= 11 is 12.5. The summed E-state index contributed by atoms with van der Waals surface area (Å²) in [5.74, 6) is 1.45. The molecule has 8 heteroatoms. The Labute approximate surface area is 160 Å². The molecule has 1 aromatic carbocycles. The first-order valence-electron chi connectivity index (χ1n) is 8.13. The Morgan fingerprint density at radius 3 is 2.65 bits per heavy atom. The van der Waals surface area contributed by atoms with E-state index in [9.17, 15) is 14.0 Å². The van der Waals surface area contributed by atoms with Gasteiger partial charge in [-0.15, -0.1) is 0 Å². The number of alkyl halides is 2. The highest BCUT2D eigenvalue weighted by molar-refractivity contribution is 6.36. The van der Waals surface area contributed by atoms with Gasteiger partial charge in [0, 0.05) is 22.7 Å². The van der Waals surface area contributed by atoms with Crippen LogP contribution in [0.15, 0.2) is 40.0 Å². The first-order valence-corrected chi connectivity index (χ1v) is 8.88. The molecule has 141 valence electrons. The fourth-order valence-corrected chi connectivity index (χ4v) is 3.44. The highest BCUT2D eigenvalue weighted by Gasteiger charge is 2.26. The molecule has 1 aliphatic heterocycles. The van der Waals surface area contributed by atoms with Gasteiger partial charge < -0.3 is 9.47 Å². The number of nitrogens with zero attached hydrogens (tertiary/aromatic N) is 1. The smallest absolute Gasteiger partial charge is 0.387 e. The highest BCUT2D eigenvalue weighted by Crippen LogP contribution is 2.40. The molecule has 4 nitrogen and oxygen atoms in total. The molecular formula is C18H18Cl2F2NO3. The zero-order chi connectivity index (χ0) is 18.8. The van der Waals surface area contributed by atoms with E-state index in [1.807, 2.05) is 6.92 Å². The van der Waals surface area contributed by atoms with E-state index >= 15 is 0 Å². The van der Waals surface area contributed by atoms with Crippen molar-refractivity contribution in [2.24, 2.45) is 5.92 Å². The second kappa shape index (κ2) is 8.03. The third-order valence-electron chi connectivity index (χ3n) is 4.21. The molecule has 0 bridgehead atoms. The molecule has 0 amide bonds. The van der Waals surface area contributed by atoms with Crippen molar-refractivity contribution in [3.05, 3.63) is 51.5 Å². The quantitative estimate of drug-likeness (QED) is 0.669. The van der Waals surface area contributed by atoms with Gasteiger partial charge in [-0.1, -0.05) is 36.2 Å². The lowest BCUT2D eigenvalue weighted by Crippen LogP contribution is -2.21. The largest absolute Gasteiger partial charge is 0.489 e. The predicted molar refractivity (Wildman–Crippen MR) is 94.6 cm³/mol. The number of benzene rings is 1. The van der Waals surface area contributed by atoms with Gasteiger partial charge in [-0.3, -0.25) is 10.3 Å². The van der Waals surface area contributed by atoms with Crippen LogP contribution < -0.4 is 9.47 Å². The van der Waals surface area contributed by atoms with Crippen LogP contribution in [0.3, 0.4) is 0 Å². The second-order valence-corrected chi connectivity index (χ2v) is 7.14. The number of rotatable bonds is 7. The fourth-order valence-electron chi connectivity index (χ4n) is 2.66. The van der Waals surface area contributed by atoms with Crippen LogP contribution in [0.5, 0.6) is 11.5 Å². The van der Waals surface area contributed by atoms with Crippen molar-refractivity contribution in [2.45, 2.75) is 26.4 Å². The first kappa shape index (κ1) is 19.3. The monoisotopic (exact) mass is 404 g/mol. The Morgan fingerprint density at radius 2 is 2.04 bits per heavy atom. The van der Waals surface area contributed by atoms with Crippen LogP contribution in [0.1, 0.15) is 25.3 Å². The van der Waals surface area contributed by atoms with Crippen molar-refractivity contribution >= 4 is 23.2 Å². The zero-order valence-corrected chi connectivity index (χ0v) is 15.5. The third-order valence-corrected chi connectivity index (χ3v) is 4.81. The molecule has 1 aromatic rings. The number of hydrogen-bond donors (Lipinski definition) is 1. The summed E-state index contributed by atoms with van der Waals surface area (Å²) in [6.45, 7) is -0.542. The molecule has 26 heavy (non-hydrogen) atoms. The topological polar surface area (TPSA) is 41.9 Å². The van der Waals surface area contributed by atoms with Crippen molar-refractivity contribution in [2.75, 3.05) is 13.2 Å². The number of hydrogen-bond acceptors (Lipinski definition) is 4. The van der Waals surface area contributed by atoms with Crippen molar-refractivity contribution in [3.8, 4) is 11.5 Å². The SMILES string of the molecule is C[C](C1=C(Cl)CN(O)C=C1Cl)c1ccc(OC(F)F)c(OCC2CC2)c1. The van der Waals surface area contributed by atoms with Gasteiger partial charge in [0.25, 0.3) is 0 Å². The van der Waals surface area contributed by atoms with Crippen LogP contribution >= 0.6 is 23.2 Å². The Hall–Kier alpha value is -1.50. The van der Waals surface area contributed by atoms with Gasteiger partial charge in [-0.2, -0.15) is 8.78 Å². The molecule has 1 aliphatic carbocycles. The van der Waals surface area contributed by atoms with Gasteiger partial charge in [0.1, 0.15) is 0 Å². The van der Waals surface area contributed by atoms with Crippen molar-refractivity contribution in [1.29, 1.82) is 0 Å². The lowest BCUT2D eigenvalue weighted by molar-refractivity contribution is -0.0515. The van der Waals surface area contributed by atoms with Gasteiger partial charge in [0.05, 0.1) is 18.2 Å². The minimum absolute atomic E-state index is 0.0101. The molecule has 1 saturated carbocycles. The van der Waals surface area contributed by atoms with Gasteiger partial charge in [-0.05, 0) is 36.5 Å². The van der Waals surface area contributed by atoms with Crippen LogP contribution in [0.25, 0.3) is 0 Å². The van der Waals surface area contributed by atoms with Crippen LogP contribution in [0.4, 0.5) is 8.78 Å². The molecule has 3 rings (SSSR count). The number of hydroxylamine groups is 2.